The summed E-state index contributed by atoms with van der Waals surface area (Å²) in [7, 11) is 0. The fourth-order valence-corrected chi connectivity index (χ4v) is 4.96. The van der Waals surface area contributed by atoms with Gasteiger partial charge in [0.2, 0.25) is 0 Å². The molecule has 3 aromatic rings. The van der Waals surface area contributed by atoms with E-state index in [0.717, 1.165) is 37.1 Å². The first kappa shape index (κ1) is 24.3. The van der Waals surface area contributed by atoms with Crippen LogP contribution in [-0.4, -0.2) is 34.7 Å². The molecule has 1 aliphatic rings. The summed E-state index contributed by atoms with van der Waals surface area (Å²) in [4.78, 5) is 37.9. The number of carbonyl (C=O) groups is 3. The number of halogens is 1. The van der Waals surface area contributed by atoms with Gasteiger partial charge in [-0.2, -0.15) is 0 Å². The molecule has 0 aliphatic carbocycles. The van der Waals surface area contributed by atoms with Gasteiger partial charge in [-0.3, -0.25) is 19.3 Å². The first-order chi connectivity index (χ1) is 16.3. The molecule has 0 radical (unpaired) electrons. The molecular formula is C26H22INO5S. The zero-order chi connectivity index (χ0) is 24.2. The number of esters is 1. The number of amides is 2. The molecule has 1 heterocycles. The van der Waals surface area contributed by atoms with Crippen LogP contribution in [0, 0.1) is 3.57 Å². The smallest absolute Gasteiger partial charge is 0.326 e. The van der Waals surface area contributed by atoms with Crippen molar-refractivity contribution in [3.63, 3.8) is 0 Å². The normalized spacial score (nSPS) is 14.9. The van der Waals surface area contributed by atoms with Crippen LogP contribution in [0.2, 0.25) is 0 Å². The Kier molecular flexibility index (Phi) is 7.57. The van der Waals surface area contributed by atoms with Crippen molar-refractivity contribution in [2.24, 2.45) is 0 Å². The molecule has 4 rings (SSSR count). The van der Waals surface area contributed by atoms with Crippen LogP contribution in [-0.2, 0) is 20.9 Å². The summed E-state index contributed by atoms with van der Waals surface area (Å²) in [6, 6.07) is 20.0. The van der Waals surface area contributed by atoms with Crippen molar-refractivity contribution in [1.82, 2.24) is 4.90 Å². The van der Waals surface area contributed by atoms with E-state index in [1.807, 2.05) is 30.3 Å². The monoisotopic (exact) mass is 587 g/mol. The van der Waals surface area contributed by atoms with Crippen LogP contribution in [0.1, 0.15) is 25.0 Å². The molecule has 0 aromatic heterocycles. The summed E-state index contributed by atoms with van der Waals surface area (Å²) >= 11 is 3.00. The van der Waals surface area contributed by atoms with Crippen molar-refractivity contribution in [3.05, 3.63) is 80.3 Å². The molecule has 0 unspecified atom stereocenters. The van der Waals surface area contributed by atoms with Crippen molar-refractivity contribution >= 4 is 68.3 Å². The van der Waals surface area contributed by atoms with Gasteiger partial charge in [0.25, 0.3) is 11.1 Å². The van der Waals surface area contributed by atoms with E-state index in [9.17, 15) is 14.4 Å². The summed E-state index contributed by atoms with van der Waals surface area (Å²) in [6.45, 7) is 3.47. The largest absolute Gasteiger partial charge is 0.488 e. The van der Waals surface area contributed by atoms with E-state index in [4.69, 9.17) is 9.47 Å². The second kappa shape index (κ2) is 10.6. The zero-order valence-corrected chi connectivity index (χ0v) is 21.6. The molecule has 3 aromatic carbocycles. The van der Waals surface area contributed by atoms with Crippen LogP contribution in [0.3, 0.4) is 0 Å². The van der Waals surface area contributed by atoms with E-state index >= 15 is 0 Å². The molecule has 0 N–H and O–H groups in total. The van der Waals surface area contributed by atoms with E-state index in [1.54, 1.807) is 19.9 Å². The lowest BCUT2D eigenvalue weighted by molar-refractivity contribution is -0.149. The predicted molar refractivity (Wildman–Crippen MR) is 141 cm³/mol. The molecule has 34 heavy (non-hydrogen) atoms. The molecule has 174 valence electrons. The van der Waals surface area contributed by atoms with Gasteiger partial charge in [-0.15, -0.1) is 0 Å². The molecule has 0 bridgehead atoms. The van der Waals surface area contributed by atoms with Crippen molar-refractivity contribution in [2.75, 3.05) is 6.54 Å². The number of thioether (sulfide) groups is 1. The highest BCUT2D eigenvalue weighted by Crippen LogP contribution is 2.33. The Balaban J connectivity index is 1.42. The average molecular weight is 587 g/mol. The molecular weight excluding hydrogens is 565 g/mol. The number of fused-ring (bicyclic) bond motifs is 1. The molecule has 6 nitrogen and oxygen atoms in total. The minimum absolute atomic E-state index is 0.267. The average Bonchev–Trinajstić information content (AvgIpc) is 3.05. The lowest BCUT2D eigenvalue weighted by Crippen LogP contribution is -2.35. The van der Waals surface area contributed by atoms with Crippen LogP contribution < -0.4 is 4.74 Å². The van der Waals surface area contributed by atoms with E-state index < -0.39 is 17.1 Å². The highest BCUT2D eigenvalue weighted by Gasteiger charge is 2.36. The van der Waals surface area contributed by atoms with Crippen LogP contribution in [0.4, 0.5) is 4.79 Å². The number of hydrogen-bond acceptors (Lipinski definition) is 6. The number of imide groups is 1. The second-order valence-corrected chi connectivity index (χ2v) is 10.1. The van der Waals surface area contributed by atoms with E-state index in [-0.39, 0.29) is 17.6 Å². The van der Waals surface area contributed by atoms with Crippen LogP contribution in [0.25, 0.3) is 16.8 Å². The van der Waals surface area contributed by atoms with Crippen LogP contribution in [0.5, 0.6) is 5.75 Å². The lowest BCUT2D eigenvalue weighted by atomic mass is 10.1. The van der Waals surface area contributed by atoms with Crippen LogP contribution in [0.15, 0.2) is 65.6 Å². The summed E-state index contributed by atoms with van der Waals surface area (Å²) < 4.78 is 11.9. The molecule has 1 saturated heterocycles. The van der Waals surface area contributed by atoms with Gasteiger partial charge in [-0.05, 0) is 94.4 Å². The molecule has 0 atom stereocenters. The maximum atomic E-state index is 12.6. The Hall–Kier alpha value is -2.85. The predicted octanol–water partition coefficient (Wildman–Crippen LogP) is 6.01. The summed E-state index contributed by atoms with van der Waals surface area (Å²) in [5, 5.41) is 1.87. The Labute approximate surface area is 215 Å². The van der Waals surface area contributed by atoms with Crippen molar-refractivity contribution < 1.29 is 23.9 Å². The van der Waals surface area contributed by atoms with Gasteiger partial charge < -0.3 is 9.47 Å². The van der Waals surface area contributed by atoms with Crippen molar-refractivity contribution in [3.8, 4) is 5.75 Å². The van der Waals surface area contributed by atoms with Crippen LogP contribution >= 0.6 is 34.4 Å². The minimum atomic E-state index is -0.610. The Bertz CT molecular complexity index is 1300. The van der Waals surface area contributed by atoms with Gasteiger partial charge in [0.15, 0.2) is 0 Å². The Morgan fingerprint density at radius 1 is 1.06 bits per heavy atom. The Morgan fingerprint density at radius 2 is 1.82 bits per heavy atom. The van der Waals surface area contributed by atoms with Gasteiger partial charge in [-0.25, -0.2) is 0 Å². The second-order valence-electron chi connectivity index (χ2n) is 7.97. The topological polar surface area (TPSA) is 72.9 Å². The maximum absolute atomic E-state index is 12.6. The van der Waals surface area contributed by atoms with E-state index in [2.05, 4.69) is 52.9 Å². The molecule has 0 spiro atoms. The number of hydrogen-bond donors (Lipinski definition) is 0. The third kappa shape index (κ3) is 5.79. The Morgan fingerprint density at radius 3 is 2.56 bits per heavy atom. The molecule has 0 saturated carbocycles. The number of ether oxygens (including phenoxy) is 2. The summed E-state index contributed by atoms with van der Waals surface area (Å²) in [6.07, 6.45) is 1.33. The lowest BCUT2D eigenvalue weighted by Gasteiger charge is -2.13. The number of nitrogens with zero attached hydrogens (tertiary/aromatic N) is 1. The zero-order valence-electron chi connectivity index (χ0n) is 18.6. The SMILES string of the molecule is CC(C)OC(=O)CN1C(=O)S/C(=C/c2ccc(OCc3ccc4ccccc4c3)c(I)c2)C1=O. The minimum Gasteiger partial charge on any atom is -0.488 e. The van der Waals surface area contributed by atoms with Gasteiger partial charge >= 0.3 is 5.97 Å². The highest BCUT2D eigenvalue weighted by molar-refractivity contribution is 14.1. The maximum Gasteiger partial charge on any atom is 0.326 e. The van der Waals surface area contributed by atoms with Crippen molar-refractivity contribution in [2.45, 2.75) is 26.6 Å². The van der Waals surface area contributed by atoms with Gasteiger partial charge in [-0.1, -0.05) is 42.5 Å². The van der Waals surface area contributed by atoms with Gasteiger partial charge in [0, 0.05) is 0 Å². The first-order valence-corrected chi connectivity index (χ1v) is 12.5. The number of rotatable bonds is 7. The van der Waals surface area contributed by atoms with Gasteiger partial charge in [0.1, 0.15) is 18.9 Å². The summed E-state index contributed by atoms with van der Waals surface area (Å²) in [5.41, 5.74) is 1.83. The number of carbonyl (C=O) groups excluding carboxylic acids is 3. The first-order valence-electron chi connectivity index (χ1n) is 10.6. The molecule has 1 aliphatic heterocycles. The summed E-state index contributed by atoms with van der Waals surface area (Å²) in [5.74, 6) is -0.376. The van der Waals surface area contributed by atoms with Crippen molar-refractivity contribution in [1.29, 1.82) is 0 Å². The standard InChI is InChI=1S/C26H22INO5S/c1-16(2)33-24(29)14-28-25(30)23(34-26(28)31)13-17-8-10-22(21(27)12-17)32-15-18-7-9-19-5-3-4-6-20(19)11-18/h3-13,16H,14-15H2,1-2H3/b23-13+. The fraction of sp³-hybridized carbons (Fsp3) is 0.192. The van der Waals surface area contributed by atoms with E-state index in [0.29, 0.717) is 6.61 Å². The third-order valence-corrected chi connectivity index (χ3v) is 6.74. The molecule has 1 fully saturated rings. The fourth-order valence-electron chi connectivity index (χ4n) is 3.43. The highest BCUT2D eigenvalue weighted by atomic mass is 127. The van der Waals surface area contributed by atoms with Gasteiger partial charge in [0.05, 0.1) is 14.6 Å². The number of benzene rings is 3. The quantitative estimate of drug-likeness (QED) is 0.192. The van der Waals surface area contributed by atoms with E-state index in [1.165, 1.54) is 10.8 Å². The third-order valence-electron chi connectivity index (χ3n) is 4.99. The molecule has 8 heteroatoms. The molecule has 2 amide bonds.